The molecule has 1 atom stereocenters. The van der Waals surface area contributed by atoms with Gasteiger partial charge in [0, 0.05) is 12.7 Å². The molecule has 8 heteroatoms. The van der Waals surface area contributed by atoms with Crippen molar-refractivity contribution in [2.45, 2.75) is 20.4 Å². The van der Waals surface area contributed by atoms with Gasteiger partial charge in [-0.3, -0.25) is 9.48 Å². The number of carboxylic acid groups (broad SMARTS) is 1. The second kappa shape index (κ2) is 4.55. The van der Waals surface area contributed by atoms with E-state index in [2.05, 4.69) is 20.6 Å². The van der Waals surface area contributed by atoms with Crippen molar-refractivity contribution in [3.63, 3.8) is 0 Å². The highest BCUT2D eigenvalue weighted by molar-refractivity contribution is 5.69. The minimum atomic E-state index is -0.876. The lowest BCUT2D eigenvalue weighted by Crippen LogP contribution is -2.18. The van der Waals surface area contributed by atoms with Crippen molar-refractivity contribution in [3.05, 3.63) is 11.9 Å². The van der Waals surface area contributed by atoms with E-state index in [0.29, 0.717) is 5.82 Å². The maximum absolute atomic E-state index is 10.8. The standard InChI is InChI=1S/C10H14N6O2/c1-6(10(17)18)5-16-9(12-13-14-16)8-4-11-15(3)7(8)2/h4,6H,5H2,1-3H3,(H,17,18). The van der Waals surface area contributed by atoms with Crippen LogP contribution in [0.2, 0.25) is 0 Å². The minimum absolute atomic E-state index is 0.228. The number of hydrogen-bond donors (Lipinski definition) is 1. The third-order valence-corrected chi connectivity index (χ3v) is 2.88. The monoisotopic (exact) mass is 250 g/mol. The molecule has 18 heavy (non-hydrogen) atoms. The highest BCUT2D eigenvalue weighted by Gasteiger charge is 2.18. The average Bonchev–Trinajstić information content (AvgIpc) is 2.88. The van der Waals surface area contributed by atoms with Gasteiger partial charge in [-0.05, 0) is 17.4 Å². The van der Waals surface area contributed by atoms with E-state index in [1.54, 1.807) is 17.8 Å². The van der Waals surface area contributed by atoms with Crippen LogP contribution in [-0.4, -0.2) is 41.1 Å². The fourth-order valence-electron chi connectivity index (χ4n) is 1.58. The quantitative estimate of drug-likeness (QED) is 0.826. The van der Waals surface area contributed by atoms with E-state index < -0.39 is 11.9 Å². The number of aryl methyl sites for hydroxylation is 1. The molecule has 0 saturated carbocycles. The number of aliphatic carboxylic acids is 1. The van der Waals surface area contributed by atoms with E-state index in [1.807, 2.05) is 14.0 Å². The summed E-state index contributed by atoms with van der Waals surface area (Å²) in [5.41, 5.74) is 1.73. The first-order chi connectivity index (χ1) is 8.50. The third kappa shape index (κ3) is 2.08. The fraction of sp³-hybridized carbons (Fsp3) is 0.500. The molecule has 2 heterocycles. The summed E-state index contributed by atoms with van der Waals surface area (Å²) in [6.07, 6.45) is 1.67. The lowest BCUT2D eigenvalue weighted by molar-refractivity contribution is -0.141. The van der Waals surface area contributed by atoms with Crippen molar-refractivity contribution >= 4 is 5.97 Å². The second-order valence-corrected chi connectivity index (χ2v) is 4.19. The molecule has 0 aliphatic carbocycles. The molecule has 2 aromatic heterocycles. The fourth-order valence-corrected chi connectivity index (χ4v) is 1.58. The molecule has 0 saturated heterocycles. The maximum atomic E-state index is 10.8. The van der Waals surface area contributed by atoms with E-state index in [0.717, 1.165) is 11.3 Å². The molecule has 1 unspecified atom stereocenters. The Morgan fingerprint density at radius 2 is 2.28 bits per heavy atom. The summed E-state index contributed by atoms with van der Waals surface area (Å²) in [6, 6.07) is 0. The smallest absolute Gasteiger partial charge is 0.308 e. The molecule has 96 valence electrons. The number of carboxylic acids is 1. The molecular weight excluding hydrogens is 236 g/mol. The van der Waals surface area contributed by atoms with Crippen molar-refractivity contribution in [2.75, 3.05) is 0 Å². The van der Waals surface area contributed by atoms with Gasteiger partial charge in [0.05, 0.1) is 24.2 Å². The third-order valence-electron chi connectivity index (χ3n) is 2.88. The summed E-state index contributed by atoms with van der Waals surface area (Å²) in [7, 11) is 1.83. The number of nitrogens with zero attached hydrogens (tertiary/aromatic N) is 6. The van der Waals surface area contributed by atoms with Crippen molar-refractivity contribution in [1.29, 1.82) is 0 Å². The van der Waals surface area contributed by atoms with Gasteiger partial charge >= 0.3 is 5.97 Å². The summed E-state index contributed by atoms with van der Waals surface area (Å²) in [5, 5.41) is 24.4. The van der Waals surface area contributed by atoms with Gasteiger partial charge in [-0.1, -0.05) is 6.92 Å². The summed E-state index contributed by atoms with van der Waals surface area (Å²) >= 11 is 0. The minimum Gasteiger partial charge on any atom is -0.481 e. The first kappa shape index (κ1) is 12.2. The zero-order chi connectivity index (χ0) is 13.3. The zero-order valence-corrected chi connectivity index (χ0v) is 10.4. The molecule has 2 aromatic rings. The zero-order valence-electron chi connectivity index (χ0n) is 10.4. The molecular formula is C10H14N6O2. The molecule has 0 fully saturated rings. The van der Waals surface area contributed by atoms with E-state index in [4.69, 9.17) is 5.11 Å². The molecule has 8 nitrogen and oxygen atoms in total. The lowest BCUT2D eigenvalue weighted by Gasteiger charge is -2.07. The Morgan fingerprint density at radius 3 is 2.83 bits per heavy atom. The number of tetrazole rings is 1. The van der Waals surface area contributed by atoms with Crippen molar-refractivity contribution in [2.24, 2.45) is 13.0 Å². The number of aromatic nitrogens is 6. The molecule has 0 aromatic carbocycles. The molecule has 2 rings (SSSR count). The van der Waals surface area contributed by atoms with Crippen molar-refractivity contribution < 1.29 is 9.90 Å². The van der Waals surface area contributed by atoms with Crippen LogP contribution in [0.5, 0.6) is 0 Å². The Hall–Kier alpha value is -2.25. The SMILES string of the molecule is Cc1c(-c2nnnn2CC(C)C(=O)O)cnn1C. The molecule has 0 spiro atoms. The molecule has 0 aliphatic rings. The number of carbonyl (C=O) groups is 1. The molecule has 0 amide bonds. The van der Waals surface area contributed by atoms with E-state index in [1.165, 1.54) is 4.68 Å². The Labute approximate surface area is 103 Å². The van der Waals surface area contributed by atoms with Gasteiger partial charge in [-0.2, -0.15) is 5.10 Å². The number of rotatable bonds is 4. The van der Waals surface area contributed by atoms with Gasteiger partial charge < -0.3 is 5.11 Å². The Morgan fingerprint density at radius 1 is 1.56 bits per heavy atom. The molecule has 1 N–H and O–H groups in total. The van der Waals surface area contributed by atoms with E-state index in [-0.39, 0.29) is 6.54 Å². The first-order valence-corrected chi connectivity index (χ1v) is 5.48. The summed E-state index contributed by atoms with van der Waals surface area (Å²) in [5.74, 6) is -0.891. The first-order valence-electron chi connectivity index (χ1n) is 5.48. The highest BCUT2D eigenvalue weighted by atomic mass is 16.4. The van der Waals surface area contributed by atoms with Gasteiger partial charge in [0.15, 0.2) is 5.82 Å². The van der Waals surface area contributed by atoms with Crippen LogP contribution in [0.3, 0.4) is 0 Å². The van der Waals surface area contributed by atoms with Gasteiger partial charge in [-0.25, -0.2) is 4.68 Å². The second-order valence-electron chi connectivity index (χ2n) is 4.19. The maximum Gasteiger partial charge on any atom is 0.308 e. The van der Waals surface area contributed by atoms with Gasteiger partial charge in [0.2, 0.25) is 0 Å². The van der Waals surface area contributed by atoms with Gasteiger partial charge in [0.1, 0.15) is 0 Å². The highest BCUT2D eigenvalue weighted by Crippen LogP contribution is 2.19. The van der Waals surface area contributed by atoms with E-state index >= 15 is 0 Å². The Kier molecular flexibility index (Phi) is 3.09. The normalized spacial score (nSPS) is 12.6. The summed E-state index contributed by atoms with van der Waals surface area (Å²) in [6.45, 7) is 3.75. The lowest BCUT2D eigenvalue weighted by atomic mass is 10.2. The van der Waals surface area contributed by atoms with Crippen LogP contribution >= 0.6 is 0 Å². The van der Waals surface area contributed by atoms with Crippen LogP contribution in [0, 0.1) is 12.8 Å². The Balaban J connectivity index is 2.33. The van der Waals surface area contributed by atoms with Gasteiger partial charge in [0.25, 0.3) is 0 Å². The topological polar surface area (TPSA) is 98.7 Å². The van der Waals surface area contributed by atoms with Crippen LogP contribution in [-0.2, 0) is 18.4 Å². The van der Waals surface area contributed by atoms with Crippen LogP contribution in [0.15, 0.2) is 6.20 Å². The van der Waals surface area contributed by atoms with Crippen LogP contribution in [0.4, 0.5) is 0 Å². The Bertz CT molecular complexity index is 573. The van der Waals surface area contributed by atoms with Crippen LogP contribution in [0.25, 0.3) is 11.4 Å². The predicted octanol–water partition coefficient (Wildman–Crippen LogP) is 0.103. The molecule has 0 aliphatic heterocycles. The van der Waals surface area contributed by atoms with Crippen LogP contribution < -0.4 is 0 Å². The summed E-state index contributed by atoms with van der Waals surface area (Å²) in [4.78, 5) is 10.8. The predicted molar refractivity (Wildman–Crippen MR) is 61.6 cm³/mol. The van der Waals surface area contributed by atoms with Crippen molar-refractivity contribution in [1.82, 2.24) is 30.0 Å². The van der Waals surface area contributed by atoms with Crippen LogP contribution in [0.1, 0.15) is 12.6 Å². The molecule has 0 bridgehead atoms. The largest absolute Gasteiger partial charge is 0.481 e. The van der Waals surface area contributed by atoms with Crippen molar-refractivity contribution in [3.8, 4) is 11.4 Å². The average molecular weight is 250 g/mol. The number of hydrogen-bond acceptors (Lipinski definition) is 5. The van der Waals surface area contributed by atoms with Gasteiger partial charge in [-0.15, -0.1) is 5.10 Å². The molecule has 0 radical (unpaired) electrons. The summed E-state index contributed by atoms with van der Waals surface area (Å²) < 4.78 is 3.21. The van der Waals surface area contributed by atoms with E-state index in [9.17, 15) is 4.79 Å².